The normalized spacial score (nSPS) is 16.4. The maximum atomic E-state index is 7.20. The van der Waals surface area contributed by atoms with Gasteiger partial charge in [-0.25, -0.2) is 0 Å². The van der Waals surface area contributed by atoms with Crippen LogP contribution in [0, 0.1) is 0 Å². The molecule has 0 aliphatic carbocycles. The molecule has 0 atom stereocenters. The van der Waals surface area contributed by atoms with E-state index in [0.29, 0.717) is 0 Å². The topological polar surface area (TPSA) is 37.4 Å². The molecule has 0 unspecified atom stereocenters. The molecular weight excluding hydrogens is 585 g/mol. The van der Waals surface area contributed by atoms with Crippen molar-refractivity contribution < 1.29 is 14.2 Å². The molecule has 0 fully saturated rings. The minimum atomic E-state index is -2.68. The predicted octanol–water partition coefficient (Wildman–Crippen LogP) is 9.11. The molecule has 0 saturated heterocycles. The number of benzene rings is 6. The predicted molar refractivity (Wildman–Crippen MR) is 177 cm³/mol. The zero-order valence-electron chi connectivity index (χ0n) is 22.8. The van der Waals surface area contributed by atoms with E-state index in [1.165, 1.54) is 0 Å². The van der Waals surface area contributed by atoms with E-state index in [9.17, 15) is 0 Å². The van der Waals surface area contributed by atoms with Crippen LogP contribution in [0.5, 0.6) is 34.5 Å². The molecule has 12 rings (SSSR count). The second-order valence-corrected chi connectivity index (χ2v) is 15.9. The van der Waals surface area contributed by atoms with Crippen molar-refractivity contribution in [1.29, 1.82) is 0 Å². The minimum Gasteiger partial charge on any atom is -0.453 e. The van der Waals surface area contributed by atoms with Gasteiger partial charge in [-0.05, 0) is 72.8 Å². The fourth-order valence-electron chi connectivity index (χ4n) is 8.01. The Morgan fingerprint density at radius 2 is 0.682 bits per heavy atom. The van der Waals surface area contributed by atoms with Crippen LogP contribution in [0.2, 0.25) is 0 Å². The molecule has 6 aromatic carbocycles. The van der Waals surface area contributed by atoms with Crippen molar-refractivity contribution in [3.8, 4) is 34.5 Å². The molecule has 0 radical (unpaired) electrons. The van der Waals surface area contributed by atoms with Gasteiger partial charge < -0.3 is 28.9 Å². The Kier molecular flexibility index (Phi) is 3.61. The van der Waals surface area contributed by atoms with Crippen LogP contribution < -0.4 is 44.8 Å². The average Bonchev–Trinajstić information content (AvgIpc) is 3.06. The summed E-state index contributed by atoms with van der Waals surface area (Å²) in [7, 11) is 0. The Bertz CT molecular complexity index is 2190. The van der Waals surface area contributed by atoms with E-state index in [2.05, 4.69) is 87.5 Å². The zero-order chi connectivity index (χ0) is 28.5. The maximum Gasteiger partial charge on any atom is 0.152 e. The second kappa shape index (κ2) is 7.11. The number of hydrogen-bond donors (Lipinski definition) is 0. The molecule has 44 heavy (non-hydrogen) atoms. The zero-order valence-corrected chi connectivity index (χ0v) is 24.5. The molecule has 8 heteroatoms. The van der Waals surface area contributed by atoms with E-state index in [1.807, 2.05) is 36.4 Å². The van der Waals surface area contributed by atoms with Gasteiger partial charge in [0, 0.05) is 15.9 Å². The third-order valence-corrected chi connectivity index (χ3v) is 14.5. The van der Waals surface area contributed by atoms with Gasteiger partial charge in [0.1, 0.15) is 17.1 Å². The molecule has 0 saturated carbocycles. The van der Waals surface area contributed by atoms with Gasteiger partial charge in [0.2, 0.25) is 0 Å². The summed E-state index contributed by atoms with van der Waals surface area (Å²) in [6, 6.07) is 35.0. The largest absolute Gasteiger partial charge is 0.453 e. The molecule has 6 nitrogen and oxygen atoms in total. The molecule has 6 aliphatic heterocycles. The Balaban J connectivity index is 1.32. The first-order chi connectivity index (χ1) is 21.7. The minimum absolute atomic E-state index is 0.821. The lowest BCUT2D eigenvalue weighted by Gasteiger charge is -2.54. The quantitative estimate of drug-likeness (QED) is 0.160. The van der Waals surface area contributed by atoms with Crippen LogP contribution in [0.15, 0.2) is 109 Å². The fraction of sp³-hybridized carbons (Fsp3) is 0. The number of ether oxygens (including phenoxy) is 3. The van der Waals surface area contributed by atoms with E-state index in [0.717, 1.165) is 102 Å². The monoisotopic (exact) mass is 603 g/mol. The molecule has 206 valence electrons. The van der Waals surface area contributed by atoms with Crippen molar-refractivity contribution in [2.45, 2.75) is 0 Å². The van der Waals surface area contributed by atoms with Crippen molar-refractivity contribution in [2.24, 2.45) is 0 Å². The molecule has 6 heterocycles. The van der Waals surface area contributed by atoms with E-state index in [1.54, 1.807) is 0 Å². The maximum absolute atomic E-state index is 7.20. The van der Waals surface area contributed by atoms with Crippen LogP contribution in [-0.4, -0.2) is 0 Å². The number of para-hydroxylation sites is 6. The smallest absolute Gasteiger partial charge is 0.152 e. The first-order valence-electron chi connectivity index (χ1n) is 14.6. The van der Waals surface area contributed by atoms with Gasteiger partial charge in [-0.1, -0.05) is 48.2 Å². The van der Waals surface area contributed by atoms with Crippen molar-refractivity contribution in [3.05, 3.63) is 109 Å². The van der Waals surface area contributed by atoms with Gasteiger partial charge in [0.25, 0.3) is 0 Å². The van der Waals surface area contributed by atoms with Gasteiger partial charge in [-0.3, -0.25) is 0 Å². The Labute approximate surface area is 256 Å². The van der Waals surface area contributed by atoms with Crippen LogP contribution in [-0.2, 0) is 11.8 Å². The lowest BCUT2D eigenvalue weighted by atomic mass is 10.0. The van der Waals surface area contributed by atoms with Crippen LogP contribution in [0.4, 0.5) is 51.2 Å². The highest BCUT2D eigenvalue weighted by molar-refractivity contribution is 8.26. The summed E-state index contributed by atoms with van der Waals surface area (Å²) >= 11 is 7.20. The molecular formula is C36H18N3O3PS. The molecule has 0 amide bonds. The summed E-state index contributed by atoms with van der Waals surface area (Å²) in [5, 5.41) is 3.46. The van der Waals surface area contributed by atoms with Crippen molar-refractivity contribution in [1.82, 2.24) is 0 Å². The Morgan fingerprint density at radius 3 is 1.02 bits per heavy atom. The summed E-state index contributed by atoms with van der Waals surface area (Å²) < 4.78 is 19.9. The molecule has 0 aromatic heterocycles. The number of hydrogen-bond acceptors (Lipinski definition) is 7. The molecule has 0 bridgehead atoms. The SMILES string of the molecule is S=P12c3c4ccc5c3N(c3ccccc3O5)c3ccc5c(c31)N(c1ccccc1O5)c1ccc3c(c12)N4c1ccccc1O3. The summed E-state index contributed by atoms with van der Waals surface area (Å²) in [6.45, 7) is 0. The van der Waals surface area contributed by atoms with Crippen molar-refractivity contribution in [3.63, 3.8) is 0 Å². The van der Waals surface area contributed by atoms with Gasteiger partial charge in [0.05, 0.1) is 40.2 Å². The lowest BCUT2D eigenvalue weighted by molar-refractivity contribution is 0.474. The molecule has 0 N–H and O–H groups in total. The number of rotatable bonds is 0. The first-order valence-corrected chi connectivity index (χ1v) is 17.4. The standard InChI is InChI=1S/C36H18N3O3PS/c44-43-34-22-13-16-29-32(34)39(21-9-3-6-12-27(21)41-29)24-15-18-30-33(36(24)43)38(20-8-2-5-11-26(20)42-30)23-14-17-28-31(35(23)43)37(22)19-7-1-4-10-25(19)40-28/h1-18H. The van der Waals surface area contributed by atoms with Crippen molar-refractivity contribution in [2.75, 3.05) is 14.7 Å². The van der Waals surface area contributed by atoms with Gasteiger partial charge in [0.15, 0.2) is 34.5 Å². The summed E-state index contributed by atoms with van der Waals surface area (Å²) in [4.78, 5) is 7.12. The Hall–Kier alpha value is -5.23. The second-order valence-electron chi connectivity index (χ2n) is 11.7. The number of fused-ring (bicyclic) bond motifs is 9. The highest BCUT2D eigenvalue weighted by Crippen LogP contribution is 2.73. The number of anilines is 9. The first kappa shape index (κ1) is 22.3. The summed E-state index contributed by atoms with van der Waals surface area (Å²) in [5.74, 6) is 4.94. The van der Waals surface area contributed by atoms with E-state index >= 15 is 0 Å². The van der Waals surface area contributed by atoms with Crippen LogP contribution in [0.1, 0.15) is 0 Å². The van der Waals surface area contributed by atoms with Gasteiger partial charge in [-0.15, -0.1) is 0 Å². The number of nitrogens with zero attached hydrogens (tertiary/aromatic N) is 3. The average molecular weight is 604 g/mol. The highest BCUT2D eigenvalue weighted by atomic mass is 32.4. The molecule has 6 aromatic rings. The van der Waals surface area contributed by atoms with Gasteiger partial charge >= 0.3 is 0 Å². The van der Waals surface area contributed by atoms with Crippen LogP contribution in [0.3, 0.4) is 0 Å². The van der Waals surface area contributed by atoms with Gasteiger partial charge in [-0.2, -0.15) is 0 Å². The third kappa shape index (κ3) is 2.24. The third-order valence-electron chi connectivity index (χ3n) is 9.60. The van der Waals surface area contributed by atoms with Crippen LogP contribution >= 0.6 is 6.04 Å². The highest BCUT2D eigenvalue weighted by Gasteiger charge is 2.56. The lowest BCUT2D eigenvalue weighted by Crippen LogP contribution is -2.49. The fourth-order valence-corrected chi connectivity index (χ4v) is 13.3. The van der Waals surface area contributed by atoms with E-state index in [-0.39, 0.29) is 0 Å². The summed E-state index contributed by atoms with van der Waals surface area (Å²) in [5.41, 5.74) is 9.35. The Morgan fingerprint density at radius 1 is 0.364 bits per heavy atom. The van der Waals surface area contributed by atoms with Crippen LogP contribution in [0.25, 0.3) is 0 Å². The van der Waals surface area contributed by atoms with E-state index in [4.69, 9.17) is 26.0 Å². The summed E-state index contributed by atoms with van der Waals surface area (Å²) in [6.07, 6.45) is 0. The van der Waals surface area contributed by atoms with E-state index < -0.39 is 6.04 Å². The molecule has 6 aliphatic rings. The molecule has 0 spiro atoms. The van der Waals surface area contributed by atoms with Crippen molar-refractivity contribution >= 4 is 84.9 Å².